The van der Waals surface area contributed by atoms with Crippen molar-refractivity contribution in [2.24, 2.45) is 14.1 Å². The molecule has 1 saturated heterocycles. The van der Waals surface area contributed by atoms with Gasteiger partial charge in [-0.1, -0.05) is 0 Å². The summed E-state index contributed by atoms with van der Waals surface area (Å²) in [6.07, 6.45) is 3.35. The molecule has 0 radical (unpaired) electrons. The lowest BCUT2D eigenvalue weighted by Gasteiger charge is -2.27. The minimum atomic E-state index is -0.564. The fourth-order valence-electron chi connectivity index (χ4n) is 3.06. The van der Waals surface area contributed by atoms with Gasteiger partial charge < -0.3 is 9.32 Å². The molecule has 0 aliphatic carbocycles. The number of anilines is 1. The minimum absolute atomic E-state index is 0.0111. The van der Waals surface area contributed by atoms with Crippen LogP contribution >= 0.6 is 0 Å². The molecule has 1 fully saturated rings. The molecule has 0 aromatic carbocycles. The molecule has 0 amide bonds. The Balaban J connectivity index is 2.22. The van der Waals surface area contributed by atoms with Gasteiger partial charge in [0.15, 0.2) is 5.56 Å². The van der Waals surface area contributed by atoms with Crippen LogP contribution in [-0.2, 0) is 14.1 Å². The zero-order chi connectivity index (χ0) is 15.9. The highest BCUT2D eigenvalue weighted by Crippen LogP contribution is 2.36. The van der Waals surface area contributed by atoms with Crippen LogP contribution < -0.4 is 16.1 Å². The number of rotatable bonds is 2. The second-order valence-electron chi connectivity index (χ2n) is 5.38. The van der Waals surface area contributed by atoms with Gasteiger partial charge in [-0.3, -0.25) is 13.9 Å². The van der Waals surface area contributed by atoms with Crippen molar-refractivity contribution in [1.82, 2.24) is 9.13 Å². The molecule has 2 aromatic heterocycles. The third-order valence-electron chi connectivity index (χ3n) is 4.14. The lowest BCUT2D eigenvalue weighted by Crippen LogP contribution is -2.42. The average molecular weight is 300 g/mol. The van der Waals surface area contributed by atoms with Crippen molar-refractivity contribution in [3.8, 4) is 6.07 Å². The van der Waals surface area contributed by atoms with E-state index in [1.54, 1.807) is 19.4 Å². The Morgan fingerprint density at radius 2 is 2.09 bits per heavy atom. The maximum atomic E-state index is 12.2. The molecule has 1 unspecified atom stereocenters. The third kappa shape index (κ3) is 1.96. The Hall–Kier alpha value is -2.75. The summed E-state index contributed by atoms with van der Waals surface area (Å²) < 4.78 is 7.79. The topological polar surface area (TPSA) is 84.2 Å². The Labute approximate surface area is 126 Å². The molecule has 22 heavy (non-hydrogen) atoms. The van der Waals surface area contributed by atoms with Crippen molar-refractivity contribution in [2.75, 3.05) is 11.4 Å². The highest BCUT2D eigenvalue weighted by molar-refractivity contribution is 5.55. The van der Waals surface area contributed by atoms with E-state index in [4.69, 9.17) is 4.42 Å². The number of hydrogen-bond donors (Lipinski definition) is 0. The van der Waals surface area contributed by atoms with Crippen LogP contribution in [0.2, 0.25) is 0 Å². The van der Waals surface area contributed by atoms with E-state index in [0.29, 0.717) is 12.4 Å². The molecule has 0 N–H and O–H groups in total. The largest absolute Gasteiger partial charge is 0.467 e. The smallest absolute Gasteiger partial charge is 0.332 e. The molecule has 7 nitrogen and oxygen atoms in total. The van der Waals surface area contributed by atoms with Gasteiger partial charge in [0.25, 0.3) is 5.56 Å². The first-order valence-electron chi connectivity index (χ1n) is 7.06. The second-order valence-corrected chi connectivity index (χ2v) is 5.38. The van der Waals surface area contributed by atoms with Crippen LogP contribution in [0.1, 0.15) is 30.2 Å². The van der Waals surface area contributed by atoms with Crippen LogP contribution in [0.3, 0.4) is 0 Å². The van der Waals surface area contributed by atoms with Gasteiger partial charge in [0.05, 0.1) is 12.3 Å². The van der Waals surface area contributed by atoms with E-state index in [9.17, 15) is 14.9 Å². The molecule has 1 atom stereocenters. The van der Waals surface area contributed by atoms with E-state index < -0.39 is 11.2 Å². The van der Waals surface area contributed by atoms with Gasteiger partial charge in [0.1, 0.15) is 17.6 Å². The van der Waals surface area contributed by atoms with Gasteiger partial charge >= 0.3 is 5.69 Å². The van der Waals surface area contributed by atoms with Gasteiger partial charge in [-0.2, -0.15) is 5.26 Å². The van der Waals surface area contributed by atoms with Crippen LogP contribution in [0.25, 0.3) is 0 Å². The second kappa shape index (κ2) is 5.22. The quantitative estimate of drug-likeness (QED) is 0.822. The van der Waals surface area contributed by atoms with Gasteiger partial charge in [-0.05, 0) is 25.0 Å². The molecule has 1 aliphatic heterocycles. The minimum Gasteiger partial charge on any atom is -0.467 e. The monoisotopic (exact) mass is 300 g/mol. The Bertz CT molecular complexity index is 855. The Morgan fingerprint density at radius 1 is 1.32 bits per heavy atom. The summed E-state index contributed by atoms with van der Waals surface area (Å²) in [6, 6.07) is 5.56. The molecule has 0 bridgehead atoms. The summed E-state index contributed by atoms with van der Waals surface area (Å²) in [7, 11) is 2.96. The molecular weight excluding hydrogens is 284 g/mol. The summed E-state index contributed by atoms with van der Waals surface area (Å²) in [5.41, 5.74) is -1.02. The molecule has 3 heterocycles. The van der Waals surface area contributed by atoms with Crippen LogP contribution in [0.5, 0.6) is 0 Å². The van der Waals surface area contributed by atoms with Crippen LogP contribution in [0, 0.1) is 11.3 Å². The van der Waals surface area contributed by atoms with Gasteiger partial charge in [0, 0.05) is 20.6 Å². The van der Waals surface area contributed by atoms with E-state index in [2.05, 4.69) is 0 Å². The van der Waals surface area contributed by atoms with E-state index in [-0.39, 0.29) is 11.6 Å². The fraction of sp³-hybridized carbons (Fsp3) is 0.400. The van der Waals surface area contributed by atoms with Crippen molar-refractivity contribution in [3.63, 3.8) is 0 Å². The van der Waals surface area contributed by atoms with Crippen LogP contribution in [0.15, 0.2) is 32.4 Å². The van der Waals surface area contributed by atoms with Crippen LogP contribution in [0.4, 0.5) is 5.82 Å². The summed E-state index contributed by atoms with van der Waals surface area (Å²) in [5, 5.41) is 9.39. The van der Waals surface area contributed by atoms with E-state index >= 15 is 0 Å². The number of furan rings is 1. The predicted octanol–water partition coefficient (Wildman–Crippen LogP) is 0.890. The highest BCUT2D eigenvalue weighted by atomic mass is 16.3. The SMILES string of the molecule is Cn1c(N2CCCC2c2ccco2)c(C#N)c(=O)n(C)c1=O. The van der Waals surface area contributed by atoms with Gasteiger partial charge in [-0.15, -0.1) is 0 Å². The number of nitriles is 1. The highest BCUT2D eigenvalue weighted by Gasteiger charge is 2.32. The third-order valence-corrected chi connectivity index (χ3v) is 4.14. The fourth-order valence-corrected chi connectivity index (χ4v) is 3.06. The van der Waals surface area contributed by atoms with E-state index in [0.717, 1.165) is 23.2 Å². The predicted molar refractivity (Wildman–Crippen MR) is 79.7 cm³/mol. The zero-order valence-electron chi connectivity index (χ0n) is 12.4. The molecule has 2 aromatic rings. The Morgan fingerprint density at radius 3 is 2.73 bits per heavy atom. The number of nitrogens with zero attached hydrogens (tertiary/aromatic N) is 4. The lowest BCUT2D eigenvalue weighted by atomic mass is 10.1. The van der Waals surface area contributed by atoms with Gasteiger partial charge in [0.2, 0.25) is 0 Å². The number of aromatic nitrogens is 2. The Kier molecular flexibility index (Phi) is 3.37. The first-order chi connectivity index (χ1) is 10.6. The summed E-state index contributed by atoms with van der Waals surface area (Å²) in [6.45, 7) is 0.667. The molecule has 114 valence electrons. The summed E-state index contributed by atoms with van der Waals surface area (Å²) >= 11 is 0. The standard InChI is InChI=1S/C15H16N4O3/c1-17-13(10(9-16)14(20)18(2)15(17)21)19-7-3-5-11(19)12-6-4-8-22-12/h4,6,8,11H,3,5,7H2,1-2H3. The average Bonchev–Trinajstić information content (AvgIpc) is 3.18. The van der Waals surface area contributed by atoms with Crippen molar-refractivity contribution in [2.45, 2.75) is 18.9 Å². The van der Waals surface area contributed by atoms with E-state index in [1.165, 1.54) is 11.6 Å². The van der Waals surface area contributed by atoms with Crippen molar-refractivity contribution < 1.29 is 4.42 Å². The maximum Gasteiger partial charge on any atom is 0.332 e. The summed E-state index contributed by atoms with van der Waals surface area (Å²) in [4.78, 5) is 26.3. The lowest BCUT2D eigenvalue weighted by molar-refractivity contribution is 0.462. The number of hydrogen-bond acceptors (Lipinski definition) is 5. The maximum absolute atomic E-state index is 12.2. The normalized spacial score (nSPS) is 17.7. The van der Waals surface area contributed by atoms with E-state index in [1.807, 2.05) is 17.0 Å². The molecule has 1 aliphatic rings. The summed E-state index contributed by atoms with van der Waals surface area (Å²) in [5.74, 6) is 1.14. The molecule has 3 rings (SSSR count). The van der Waals surface area contributed by atoms with Crippen molar-refractivity contribution in [3.05, 3.63) is 50.6 Å². The molecule has 0 spiro atoms. The van der Waals surface area contributed by atoms with Gasteiger partial charge in [-0.25, -0.2) is 4.79 Å². The van der Waals surface area contributed by atoms with Crippen molar-refractivity contribution in [1.29, 1.82) is 5.26 Å². The first kappa shape index (κ1) is 14.2. The zero-order valence-corrected chi connectivity index (χ0v) is 12.4. The van der Waals surface area contributed by atoms with Crippen LogP contribution in [-0.4, -0.2) is 15.7 Å². The first-order valence-corrected chi connectivity index (χ1v) is 7.06. The van der Waals surface area contributed by atoms with Crippen molar-refractivity contribution >= 4 is 5.82 Å². The molecular formula is C15H16N4O3. The molecule has 7 heteroatoms. The molecule has 0 saturated carbocycles.